The van der Waals surface area contributed by atoms with Crippen LogP contribution in [0, 0.1) is 17.8 Å². The summed E-state index contributed by atoms with van der Waals surface area (Å²) in [6.07, 6.45) is 13.4. The van der Waals surface area contributed by atoms with Crippen molar-refractivity contribution in [3.8, 4) is 11.8 Å². The molecule has 32 heavy (non-hydrogen) atoms. The van der Waals surface area contributed by atoms with E-state index in [4.69, 9.17) is 0 Å². The molecule has 0 aromatic heterocycles. The molecule has 0 spiro atoms. The number of benzene rings is 3. The predicted molar refractivity (Wildman–Crippen MR) is 139 cm³/mol. The summed E-state index contributed by atoms with van der Waals surface area (Å²) in [4.78, 5) is 0. The summed E-state index contributed by atoms with van der Waals surface area (Å²) in [6, 6.07) is 22.5. The summed E-state index contributed by atoms with van der Waals surface area (Å²) in [6.45, 7) is 4.55. The maximum atomic E-state index is 3.38. The van der Waals surface area contributed by atoms with E-state index < -0.39 is 0 Å². The van der Waals surface area contributed by atoms with Gasteiger partial charge in [0.25, 0.3) is 0 Å². The van der Waals surface area contributed by atoms with E-state index in [1.807, 2.05) is 0 Å². The molecule has 0 bridgehead atoms. The second kappa shape index (κ2) is 11.4. The Bertz CT molecular complexity index is 1050. The highest BCUT2D eigenvalue weighted by Gasteiger charge is 2.21. The molecule has 0 aliphatic heterocycles. The molecule has 0 heteroatoms. The molecule has 1 saturated carbocycles. The quantitative estimate of drug-likeness (QED) is 0.333. The third kappa shape index (κ3) is 6.04. The normalized spacial score (nSPS) is 18.3. The van der Waals surface area contributed by atoms with Crippen LogP contribution in [0.15, 0.2) is 60.7 Å². The van der Waals surface area contributed by atoms with Crippen LogP contribution in [0.3, 0.4) is 0 Å². The first kappa shape index (κ1) is 22.7. The van der Waals surface area contributed by atoms with Crippen LogP contribution in [0.25, 0.3) is 10.8 Å². The Balaban J connectivity index is 1.38. The first-order valence-electron chi connectivity index (χ1n) is 12.9. The fourth-order valence-corrected chi connectivity index (χ4v) is 5.17. The maximum absolute atomic E-state index is 3.38. The Morgan fingerprint density at radius 1 is 0.688 bits per heavy atom. The molecule has 0 saturated heterocycles. The van der Waals surface area contributed by atoms with Gasteiger partial charge in [0.2, 0.25) is 0 Å². The first-order valence-corrected chi connectivity index (χ1v) is 12.9. The van der Waals surface area contributed by atoms with E-state index in [0.717, 1.165) is 23.0 Å². The van der Waals surface area contributed by atoms with Crippen LogP contribution >= 0.6 is 0 Å². The fourth-order valence-electron chi connectivity index (χ4n) is 5.17. The highest BCUT2D eigenvalue weighted by molar-refractivity contribution is 5.84. The number of aryl methyl sites for hydroxylation is 1. The first-order chi connectivity index (χ1) is 15.7. The monoisotopic (exact) mass is 422 g/mol. The van der Waals surface area contributed by atoms with Crippen molar-refractivity contribution < 1.29 is 0 Å². The summed E-state index contributed by atoms with van der Waals surface area (Å²) < 4.78 is 0. The lowest BCUT2D eigenvalue weighted by molar-refractivity contribution is 0.304. The molecule has 0 radical (unpaired) electrons. The molecule has 0 amide bonds. The van der Waals surface area contributed by atoms with Crippen molar-refractivity contribution in [1.29, 1.82) is 0 Å². The van der Waals surface area contributed by atoms with Gasteiger partial charge in [-0.05, 0) is 96.5 Å². The van der Waals surface area contributed by atoms with E-state index in [9.17, 15) is 0 Å². The van der Waals surface area contributed by atoms with Crippen molar-refractivity contribution >= 4 is 10.8 Å². The van der Waals surface area contributed by atoms with Gasteiger partial charge in [0.05, 0.1) is 0 Å². The Morgan fingerprint density at radius 3 is 2.09 bits per heavy atom. The number of fused-ring (bicyclic) bond motifs is 1. The zero-order valence-corrected chi connectivity index (χ0v) is 20.0. The molecule has 166 valence electrons. The Morgan fingerprint density at radius 2 is 1.34 bits per heavy atom. The largest absolute Gasteiger partial charge is 0.0654 e. The Labute approximate surface area is 195 Å². The van der Waals surface area contributed by atoms with Gasteiger partial charge in [-0.15, -0.1) is 0 Å². The smallest absolute Gasteiger partial charge is 0.0255 e. The van der Waals surface area contributed by atoms with Gasteiger partial charge in [0.15, 0.2) is 0 Å². The summed E-state index contributed by atoms with van der Waals surface area (Å²) in [5.41, 5.74) is 5.15. The molecule has 1 fully saturated rings. The van der Waals surface area contributed by atoms with Crippen molar-refractivity contribution in [2.45, 2.75) is 84.0 Å². The minimum Gasteiger partial charge on any atom is -0.0654 e. The van der Waals surface area contributed by atoms with Crippen LogP contribution < -0.4 is 0 Å². The van der Waals surface area contributed by atoms with E-state index in [-0.39, 0.29) is 0 Å². The third-order valence-electron chi connectivity index (χ3n) is 7.27. The highest BCUT2D eigenvalue weighted by atomic mass is 14.3. The van der Waals surface area contributed by atoms with Crippen LogP contribution in [0.1, 0.15) is 99.8 Å². The fraction of sp³-hybridized carbons (Fsp3) is 0.438. The van der Waals surface area contributed by atoms with E-state index in [2.05, 4.69) is 86.4 Å². The average Bonchev–Trinajstić information content (AvgIpc) is 2.85. The van der Waals surface area contributed by atoms with Crippen LogP contribution in [0.4, 0.5) is 0 Å². The van der Waals surface area contributed by atoms with E-state index >= 15 is 0 Å². The highest BCUT2D eigenvalue weighted by Crippen LogP contribution is 2.37. The van der Waals surface area contributed by atoms with Gasteiger partial charge in [-0.25, -0.2) is 0 Å². The molecule has 0 atom stereocenters. The molecule has 1 aliphatic rings. The van der Waals surface area contributed by atoms with E-state index in [1.54, 1.807) is 0 Å². The summed E-state index contributed by atoms with van der Waals surface area (Å²) in [5, 5.41) is 2.60. The Kier molecular flexibility index (Phi) is 8.06. The van der Waals surface area contributed by atoms with Gasteiger partial charge in [-0.3, -0.25) is 0 Å². The van der Waals surface area contributed by atoms with E-state index in [0.29, 0.717) is 0 Å². The molecule has 4 rings (SSSR count). The molecule has 0 heterocycles. The van der Waals surface area contributed by atoms with Crippen LogP contribution in [0.5, 0.6) is 0 Å². The summed E-state index contributed by atoms with van der Waals surface area (Å²) in [5.74, 6) is 8.47. The zero-order chi connectivity index (χ0) is 22.2. The SMILES string of the molecule is CCCCc1ccc2cc(C#Cc3ccc(C4CCC(CCCC)CC4)cc3)ccc2c1. The number of hydrogen-bond acceptors (Lipinski definition) is 0. The average molecular weight is 423 g/mol. The molecular formula is C32H38. The van der Waals surface area contributed by atoms with Gasteiger partial charge in [-0.1, -0.05) is 87.8 Å². The summed E-state index contributed by atoms with van der Waals surface area (Å²) in [7, 11) is 0. The van der Waals surface area contributed by atoms with Gasteiger partial charge >= 0.3 is 0 Å². The van der Waals surface area contributed by atoms with Crippen LogP contribution in [0.2, 0.25) is 0 Å². The number of hydrogen-bond donors (Lipinski definition) is 0. The molecule has 1 aliphatic carbocycles. The van der Waals surface area contributed by atoms with Crippen molar-refractivity contribution in [3.63, 3.8) is 0 Å². The lowest BCUT2D eigenvalue weighted by Crippen LogP contribution is -2.13. The number of rotatable bonds is 7. The molecule has 3 aromatic carbocycles. The third-order valence-corrected chi connectivity index (χ3v) is 7.27. The van der Waals surface area contributed by atoms with Crippen molar-refractivity contribution in [3.05, 3.63) is 82.9 Å². The molecule has 3 aromatic rings. The van der Waals surface area contributed by atoms with E-state index in [1.165, 1.54) is 86.1 Å². The van der Waals surface area contributed by atoms with Gasteiger partial charge in [0.1, 0.15) is 0 Å². The van der Waals surface area contributed by atoms with Crippen molar-refractivity contribution in [2.75, 3.05) is 0 Å². The standard InChI is InChI=1S/C32H38/c1-3-5-7-25-11-17-29(18-12-25)30-19-13-26(14-20-30)9-10-28-16-22-31-23-27(8-6-4-2)15-21-32(31)24-28/h13-16,19-25,29H,3-8,11-12,17-18H2,1-2H3. The molecule has 0 unspecified atom stereocenters. The van der Waals surface area contributed by atoms with Gasteiger partial charge in [0, 0.05) is 11.1 Å². The second-order valence-electron chi connectivity index (χ2n) is 9.73. The predicted octanol–water partition coefficient (Wildman–Crippen LogP) is 9.05. The molecular weight excluding hydrogens is 384 g/mol. The maximum Gasteiger partial charge on any atom is 0.0255 e. The zero-order valence-electron chi connectivity index (χ0n) is 20.0. The number of unbranched alkanes of at least 4 members (excludes halogenated alkanes) is 2. The van der Waals surface area contributed by atoms with Crippen LogP contribution in [-0.2, 0) is 6.42 Å². The Hall–Kier alpha value is -2.52. The second-order valence-corrected chi connectivity index (χ2v) is 9.73. The lowest BCUT2D eigenvalue weighted by atomic mass is 9.77. The minimum atomic E-state index is 0.748. The van der Waals surface area contributed by atoms with Gasteiger partial charge in [-0.2, -0.15) is 0 Å². The topological polar surface area (TPSA) is 0 Å². The van der Waals surface area contributed by atoms with Crippen LogP contribution in [-0.4, -0.2) is 0 Å². The summed E-state index contributed by atoms with van der Waals surface area (Å²) >= 11 is 0. The minimum absolute atomic E-state index is 0.748. The molecule has 0 N–H and O–H groups in total. The van der Waals surface area contributed by atoms with Crippen molar-refractivity contribution in [2.24, 2.45) is 5.92 Å². The van der Waals surface area contributed by atoms with Crippen molar-refractivity contribution in [1.82, 2.24) is 0 Å². The lowest BCUT2D eigenvalue weighted by Gasteiger charge is -2.28. The molecule has 0 nitrogen and oxygen atoms in total. The van der Waals surface area contributed by atoms with Gasteiger partial charge < -0.3 is 0 Å².